The van der Waals surface area contributed by atoms with Gasteiger partial charge >= 0.3 is 0 Å². The Hall–Kier alpha value is -4.56. The molecule has 0 aliphatic heterocycles. The Kier molecular flexibility index (Phi) is 9.79. The Balaban J connectivity index is 1.32. The van der Waals surface area contributed by atoms with Crippen LogP contribution >= 0.6 is 35.0 Å². The minimum atomic E-state index is -0.489. The lowest BCUT2D eigenvalue weighted by molar-refractivity contribution is -0.114. The van der Waals surface area contributed by atoms with Gasteiger partial charge in [-0.05, 0) is 70.9 Å². The molecule has 5 aromatic carbocycles. The number of halogens is 2. The van der Waals surface area contributed by atoms with Gasteiger partial charge in [0, 0.05) is 21.8 Å². The molecule has 0 atom stereocenters. The van der Waals surface area contributed by atoms with Crippen LogP contribution in [0.4, 0.5) is 11.4 Å². The molecule has 0 bridgehead atoms. The molecule has 43 heavy (non-hydrogen) atoms. The summed E-state index contributed by atoms with van der Waals surface area (Å²) >= 11 is 13.3. The van der Waals surface area contributed by atoms with Gasteiger partial charge in [-0.3, -0.25) is 14.4 Å². The molecule has 0 radical (unpaired) electrons. The highest BCUT2D eigenvalue weighted by molar-refractivity contribution is 8.00. The Morgan fingerprint density at radius 1 is 0.698 bits per heavy atom. The fraction of sp³-hybridized carbons (Fsp3) is 0.0294. The summed E-state index contributed by atoms with van der Waals surface area (Å²) in [5.74, 6) is -0.977. The molecular weight excluding hydrogens is 601 g/mol. The van der Waals surface area contributed by atoms with E-state index in [0.29, 0.717) is 27.0 Å². The van der Waals surface area contributed by atoms with Gasteiger partial charge in [-0.2, -0.15) is 0 Å². The third-order valence-corrected chi connectivity index (χ3v) is 8.05. The Morgan fingerprint density at radius 2 is 1.42 bits per heavy atom. The molecule has 3 N–H and O–H groups in total. The lowest BCUT2D eigenvalue weighted by Gasteiger charge is -2.13. The number of nitrogens with one attached hydrogen (secondary N) is 3. The minimum absolute atomic E-state index is 0.0873. The van der Waals surface area contributed by atoms with Gasteiger partial charge < -0.3 is 16.0 Å². The Labute approximate surface area is 263 Å². The summed E-state index contributed by atoms with van der Waals surface area (Å²) in [4.78, 5) is 39.9. The van der Waals surface area contributed by atoms with Crippen molar-refractivity contribution in [1.29, 1.82) is 0 Å². The number of anilines is 2. The van der Waals surface area contributed by atoms with E-state index in [9.17, 15) is 14.4 Å². The largest absolute Gasteiger partial charge is 0.325 e. The van der Waals surface area contributed by atoms with Crippen LogP contribution in [0.3, 0.4) is 0 Å². The van der Waals surface area contributed by atoms with Crippen LogP contribution < -0.4 is 16.0 Å². The lowest BCUT2D eigenvalue weighted by Crippen LogP contribution is -2.30. The normalized spacial score (nSPS) is 11.2. The Morgan fingerprint density at radius 3 is 2.23 bits per heavy atom. The van der Waals surface area contributed by atoms with Crippen LogP contribution in [0.2, 0.25) is 10.0 Å². The van der Waals surface area contributed by atoms with Gasteiger partial charge in [0.1, 0.15) is 5.70 Å². The van der Waals surface area contributed by atoms with Crippen molar-refractivity contribution in [2.24, 2.45) is 0 Å². The fourth-order valence-corrected chi connectivity index (χ4v) is 5.31. The zero-order valence-electron chi connectivity index (χ0n) is 22.6. The molecular formula is C34H25Cl2N3O3S. The number of rotatable bonds is 9. The van der Waals surface area contributed by atoms with E-state index in [-0.39, 0.29) is 17.4 Å². The monoisotopic (exact) mass is 625 g/mol. The predicted octanol–water partition coefficient (Wildman–Crippen LogP) is 8.29. The number of benzene rings is 5. The molecule has 0 unspecified atom stereocenters. The second kappa shape index (κ2) is 14.1. The van der Waals surface area contributed by atoms with Crippen molar-refractivity contribution in [3.05, 3.63) is 142 Å². The van der Waals surface area contributed by atoms with Gasteiger partial charge in [-0.25, -0.2) is 0 Å². The number of hydrogen-bond donors (Lipinski definition) is 3. The zero-order valence-corrected chi connectivity index (χ0v) is 25.0. The van der Waals surface area contributed by atoms with Crippen LogP contribution in [0, 0.1) is 0 Å². The summed E-state index contributed by atoms with van der Waals surface area (Å²) in [6.07, 6.45) is 1.67. The summed E-state index contributed by atoms with van der Waals surface area (Å²) in [5.41, 5.74) is 2.36. The summed E-state index contributed by atoms with van der Waals surface area (Å²) in [6.45, 7) is 0. The van der Waals surface area contributed by atoms with Crippen LogP contribution in [0.25, 0.3) is 16.8 Å². The van der Waals surface area contributed by atoms with Gasteiger partial charge in [0.15, 0.2) is 0 Å². The average Bonchev–Trinajstić information content (AvgIpc) is 3.02. The predicted molar refractivity (Wildman–Crippen MR) is 177 cm³/mol. The molecule has 5 aromatic rings. The molecule has 0 fully saturated rings. The maximum atomic E-state index is 13.6. The number of carbonyl (C=O) groups is 3. The molecule has 0 heterocycles. The van der Waals surface area contributed by atoms with Crippen molar-refractivity contribution in [2.45, 2.75) is 4.90 Å². The van der Waals surface area contributed by atoms with Crippen molar-refractivity contribution in [2.75, 3.05) is 16.4 Å². The van der Waals surface area contributed by atoms with E-state index in [1.54, 1.807) is 66.7 Å². The van der Waals surface area contributed by atoms with Gasteiger partial charge in [-0.1, -0.05) is 89.9 Å². The lowest BCUT2D eigenvalue weighted by atomic mass is 10.0. The smallest absolute Gasteiger partial charge is 0.272 e. The summed E-state index contributed by atoms with van der Waals surface area (Å²) in [7, 11) is 0. The number of amides is 3. The van der Waals surface area contributed by atoms with Gasteiger partial charge in [0.05, 0.1) is 15.8 Å². The van der Waals surface area contributed by atoms with E-state index < -0.39 is 11.8 Å². The molecule has 214 valence electrons. The highest BCUT2D eigenvalue weighted by Crippen LogP contribution is 2.26. The second-order valence-electron chi connectivity index (χ2n) is 9.39. The first kappa shape index (κ1) is 29.9. The SMILES string of the molecule is O=C(CSc1cccc(NC(=O)/C(=C\c2cccc3ccccc23)NC(=O)c2ccccc2)c1)Nc1ccc(Cl)c(Cl)c1. The van der Waals surface area contributed by atoms with Crippen LogP contribution in [0.1, 0.15) is 15.9 Å². The third kappa shape index (κ3) is 8.05. The van der Waals surface area contributed by atoms with Crippen LogP contribution in [-0.4, -0.2) is 23.5 Å². The first-order valence-corrected chi connectivity index (χ1v) is 14.9. The minimum Gasteiger partial charge on any atom is -0.325 e. The van der Waals surface area contributed by atoms with E-state index in [1.807, 2.05) is 54.6 Å². The van der Waals surface area contributed by atoms with Gasteiger partial charge in [0.25, 0.3) is 11.8 Å². The molecule has 0 saturated heterocycles. The first-order chi connectivity index (χ1) is 20.9. The van der Waals surface area contributed by atoms with Crippen molar-refractivity contribution < 1.29 is 14.4 Å². The van der Waals surface area contributed by atoms with E-state index in [0.717, 1.165) is 21.2 Å². The average molecular weight is 627 g/mol. The van der Waals surface area contributed by atoms with E-state index in [2.05, 4.69) is 16.0 Å². The standard InChI is InChI=1S/C34H25Cl2N3O3S/c35-29-17-16-26(20-30(29)36)37-32(40)21-43-27-14-7-13-25(19-27)38-34(42)31(39-33(41)23-9-2-1-3-10-23)18-24-12-6-11-22-8-4-5-15-28(22)24/h1-20H,21H2,(H,37,40)(H,38,42)(H,39,41)/b31-18+. The topological polar surface area (TPSA) is 87.3 Å². The molecule has 0 spiro atoms. The summed E-state index contributed by atoms with van der Waals surface area (Å²) in [6, 6.07) is 34.3. The van der Waals surface area contributed by atoms with E-state index in [4.69, 9.17) is 23.2 Å². The van der Waals surface area contributed by atoms with Crippen LogP contribution in [-0.2, 0) is 9.59 Å². The van der Waals surface area contributed by atoms with Crippen molar-refractivity contribution in [3.8, 4) is 0 Å². The molecule has 3 amide bonds. The summed E-state index contributed by atoms with van der Waals surface area (Å²) in [5, 5.41) is 11.2. The second-order valence-corrected chi connectivity index (χ2v) is 11.3. The van der Waals surface area contributed by atoms with Gasteiger partial charge in [0.2, 0.25) is 5.91 Å². The molecule has 9 heteroatoms. The van der Waals surface area contributed by atoms with Crippen LogP contribution in [0.5, 0.6) is 0 Å². The third-order valence-electron chi connectivity index (χ3n) is 6.32. The van der Waals surface area contributed by atoms with E-state index in [1.165, 1.54) is 11.8 Å². The molecule has 0 aliphatic rings. The zero-order chi connectivity index (χ0) is 30.2. The number of fused-ring (bicyclic) bond motifs is 1. The molecule has 0 aliphatic carbocycles. The maximum Gasteiger partial charge on any atom is 0.272 e. The fourth-order valence-electron chi connectivity index (χ4n) is 4.26. The molecule has 0 aromatic heterocycles. The van der Waals surface area contributed by atoms with Crippen molar-refractivity contribution in [3.63, 3.8) is 0 Å². The highest BCUT2D eigenvalue weighted by atomic mass is 35.5. The van der Waals surface area contributed by atoms with Crippen molar-refractivity contribution >= 4 is 80.9 Å². The van der Waals surface area contributed by atoms with Gasteiger partial charge in [-0.15, -0.1) is 11.8 Å². The first-order valence-electron chi connectivity index (χ1n) is 13.2. The number of thioether (sulfide) groups is 1. The summed E-state index contributed by atoms with van der Waals surface area (Å²) < 4.78 is 0. The Bertz CT molecular complexity index is 1840. The van der Waals surface area contributed by atoms with E-state index >= 15 is 0 Å². The van der Waals surface area contributed by atoms with Crippen LogP contribution in [0.15, 0.2) is 126 Å². The number of hydrogen-bond acceptors (Lipinski definition) is 4. The number of carbonyl (C=O) groups excluding carboxylic acids is 3. The molecule has 0 saturated carbocycles. The highest BCUT2D eigenvalue weighted by Gasteiger charge is 2.16. The van der Waals surface area contributed by atoms with Crippen molar-refractivity contribution in [1.82, 2.24) is 5.32 Å². The molecule has 5 rings (SSSR count). The maximum absolute atomic E-state index is 13.6. The molecule has 6 nitrogen and oxygen atoms in total. The quantitative estimate of drug-likeness (QED) is 0.114.